The SMILES string of the molecule is COc1ccccc1Cn1c(CCl)nc2c(F)cccc21. The molecule has 1 heterocycles. The van der Waals surface area contributed by atoms with Gasteiger partial charge in [0.05, 0.1) is 25.1 Å². The van der Waals surface area contributed by atoms with Gasteiger partial charge in [-0.25, -0.2) is 9.37 Å². The van der Waals surface area contributed by atoms with Gasteiger partial charge in [-0.1, -0.05) is 24.3 Å². The molecule has 1 aromatic heterocycles. The number of hydrogen-bond donors (Lipinski definition) is 0. The predicted octanol–water partition coefficient (Wildman–Crippen LogP) is 3.97. The van der Waals surface area contributed by atoms with Gasteiger partial charge in [-0.05, 0) is 18.2 Å². The van der Waals surface area contributed by atoms with Crippen molar-refractivity contribution >= 4 is 22.6 Å². The average molecular weight is 305 g/mol. The number of ether oxygens (including phenoxy) is 1. The highest BCUT2D eigenvalue weighted by Gasteiger charge is 2.14. The van der Waals surface area contributed by atoms with Gasteiger partial charge in [0.2, 0.25) is 0 Å². The Bertz CT molecular complexity index is 785. The first-order valence-electron chi connectivity index (χ1n) is 6.56. The van der Waals surface area contributed by atoms with E-state index in [1.807, 2.05) is 34.9 Å². The molecular formula is C16H14ClFN2O. The van der Waals surface area contributed by atoms with Crippen LogP contribution in [0.1, 0.15) is 11.4 Å². The normalized spacial score (nSPS) is 11.0. The molecule has 0 fully saturated rings. The molecule has 0 saturated carbocycles. The molecule has 0 aliphatic heterocycles. The first-order valence-corrected chi connectivity index (χ1v) is 7.09. The van der Waals surface area contributed by atoms with Crippen molar-refractivity contribution in [2.45, 2.75) is 12.4 Å². The van der Waals surface area contributed by atoms with Gasteiger partial charge in [0.1, 0.15) is 17.1 Å². The molecule has 2 aromatic carbocycles. The molecule has 0 atom stereocenters. The highest BCUT2D eigenvalue weighted by atomic mass is 35.5. The molecule has 0 radical (unpaired) electrons. The van der Waals surface area contributed by atoms with E-state index in [-0.39, 0.29) is 11.7 Å². The minimum Gasteiger partial charge on any atom is -0.496 e. The van der Waals surface area contributed by atoms with E-state index in [4.69, 9.17) is 16.3 Å². The highest BCUT2D eigenvalue weighted by molar-refractivity contribution is 6.16. The van der Waals surface area contributed by atoms with Crippen molar-refractivity contribution in [2.75, 3.05) is 7.11 Å². The number of imidazole rings is 1. The van der Waals surface area contributed by atoms with Crippen molar-refractivity contribution in [3.8, 4) is 5.75 Å². The molecule has 0 N–H and O–H groups in total. The number of alkyl halides is 1. The second kappa shape index (κ2) is 5.74. The third-order valence-electron chi connectivity index (χ3n) is 3.45. The lowest BCUT2D eigenvalue weighted by molar-refractivity contribution is 0.408. The summed E-state index contributed by atoms with van der Waals surface area (Å²) < 4.78 is 21.1. The zero-order valence-electron chi connectivity index (χ0n) is 11.5. The Morgan fingerprint density at radius 1 is 1.19 bits per heavy atom. The maximum atomic E-state index is 13.9. The van der Waals surface area contributed by atoms with E-state index in [9.17, 15) is 4.39 Å². The van der Waals surface area contributed by atoms with E-state index < -0.39 is 0 Å². The van der Waals surface area contributed by atoms with Gasteiger partial charge in [-0.2, -0.15) is 0 Å². The topological polar surface area (TPSA) is 27.1 Å². The predicted molar refractivity (Wildman–Crippen MR) is 81.3 cm³/mol. The first kappa shape index (κ1) is 13.9. The standard InChI is InChI=1S/C16H14ClFN2O/c1-21-14-8-3-2-5-11(14)10-20-13-7-4-6-12(18)16(13)19-15(20)9-17/h2-8H,9-10H2,1H3. The highest BCUT2D eigenvalue weighted by Crippen LogP contribution is 2.24. The first-order chi connectivity index (χ1) is 10.2. The van der Waals surface area contributed by atoms with Gasteiger partial charge < -0.3 is 9.30 Å². The molecule has 21 heavy (non-hydrogen) atoms. The van der Waals surface area contributed by atoms with E-state index in [0.717, 1.165) is 16.8 Å². The van der Waals surface area contributed by atoms with E-state index in [1.54, 1.807) is 13.2 Å². The number of rotatable bonds is 4. The summed E-state index contributed by atoms with van der Waals surface area (Å²) in [5, 5.41) is 0. The van der Waals surface area contributed by atoms with Crippen LogP contribution in [0.15, 0.2) is 42.5 Å². The molecule has 3 rings (SSSR count). The van der Waals surface area contributed by atoms with E-state index in [0.29, 0.717) is 17.9 Å². The van der Waals surface area contributed by atoms with Crippen LogP contribution in [0.2, 0.25) is 0 Å². The maximum absolute atomic E-state index is 13.9. The van der Waals surface area contributed by atoms with Crippen molar-refractivity contribution in [2.24, 2.45) is 0 Å². The van der Waals surface area contributed by atoms with Crippen molar-refractivity contribution in [1.29, 1.82) is 0 Å². The molecule has 0 aliphatic rings. The fraction of sp³-hybridized carbons (Fsp3) is 0.188. The Kier molecular flexibility index (Phi) is 3.80. The van der Waals surface area contributed by atoms with Crippen LogP contribution >= 0.6 is 11.6 Å². The lowest BCUT2D eigenvalue weighted by Crippen LogP contribution is -2.05. The van der Waals surface area contributed by atoms with Gasteiger partial charge >= 0.3 is 0 Å². The average Bonchev–Trinajstić information content (AvgIpc) is 2.87. The van der Waals surface area contributed by atoms with Gasteiger partial charge in [0.15, 0.2) is 5.82 Å². The van der Waals surface area contributed by atoms with Crippen LogP contribution in [0.25, 0.3) is 11.0 Å². The summed E-state index contributed by atoms with van der Waals surface area (Å²) in [4.78, 5) is 4.30. The third-order valence-corrected chi connectivity index (χ3v) is 3.69. The molecule has 0 amide bonds. The zero-order chi connectivity index (χ0) is 14.8. The van der Waals surface area contributed by atoms with Crippen molar-refractivity contribution in [1.82, 2.24) is 9.55 Å². The Morgan fingerprint density at radius 2 is 2.00 bits per heavy atom. The van der Waals surface area contributed by atoms with Gasteiger partial charge in [-0.15, -0.1) is 11.6 Å². The second-order valence-corrected chi connectivity index (χ2v) is 4.93. The maximum Gasteiger partial charge on any atom is 0.151 e. The fourth-order valence-corrected chi connectivity index (χ4v) is 2.65. The Balaban J connectivity index is 2.13. The number of nitrogens with zero attached hydrogens (tertiary/aromatic N) is 2. The van der Waals surface area contributed by atoms with Crippen molar-refractivity contribution < 1.29 is 9.13 Å². The summed E-state index contributed by atoms with van der Waals surface area (Å²) in [5.74, 6) is 1.32. The van der Waals surface area contributed by atoms with E-state index in [1.165, 1.54) is 6.07 Å². The fourth-order valence-electron chi connectivity index (χ4n) is 2.44. The summed E-state index contributed by atoms with van der Waals surface area (Å²) in [5.41, 5.74) is 2.08. The van der Waals surface area contributed by atoms with Crippen LogP contribution in [0.5, 0.6) is 5.75 Å². The minimum atomic E-state index is -0.336. The lowest BCUT2D eigenvalue weighted by Gasteiger charge is -2.11. The Hall–Kier alpha value is -2.07. The third kappa shape index (κ3) is 2.47. The van der Waals surface area contributed by atoms with Gasteiger partial charge in [0.25, 0.3) is 0 Å². The molecule has 3 aromatic rings. The van der Waals surface area contributed by atoms with Gasteiger partial charge in [0, 0.05) is 5.56 Å². The van der Waals surface area contributed by atoms with Crippen LogP contribution in [0.4, 0.5) is 4.39 Å². The summed E-state index contributed by atoms with van der Waals surface area (Å²) in [6.45, 7) is 0.534. The Labute approximate surface area is 126 Å². The number of benzene rings is 2. The summed E-state index contributed by atoms with van der Waals surface area (Å²) >= 11 is 5.96. The van der Waals surface area contributed by atoms with Crippen LogP contribution in [-0.4, -0.2) is 16.7 Å². The molecule has 0 aliphatic carbocycles. The zero-order valence-corrected chi connectivity index (χ0v) is 12.3. The molecule has 0 unspecified atom stereocenters. The van der Waals surface area contributed by atoms with Crippen LogP contribution < -0.4 is 4.74 Å². The molecule has 108 valence electrons. The van der Waals surface area contributed by atoms with Crippen LogP contribution in [-0.2, 0) is 12.4 Å². The number of hydrogen-bond acceptors (Lipinski definition) is 2. The molecule has 3 nitrogen and oxygen atoms in total. The quantitative estimate of drug-likeness (QED) is 0.682. The summed E-state index contributed by atoms with van der Waals surface area (Å²) in [6, 6.07) is 12.7. The number of fused-ring (bicyclic) bond motifs is 1. The summed E-state index contributed by atoms with van der Waals surface area (Å²) in [7, 11) is 1.63. The number of aromatic nitrogens is 2. The molecule has 0 saturated heterocycles. The van der Waals surface area contributed by atoms with Crippen LogP contribution in [0.3, 0.4) is 0 Å². The minimum absolute atomic E-state index is 0.225. The molecule has 0 bridgehead atoms. The van der Waals surface area contributed by atoms with Gasteiger partial charge in [-0.3, -0.25) is 0 Å². The van der Waals surface area contributed by atoms with Crippen LogP contribution in [0, 0.1) is 5.82 Å². The smallest absolute Gasteiger partial charge is 0.151 e. The van der Waals surface area contributed by atoms with E-state index in [2.05, 4.69) is 4.98 Å². The molecule has 5 heteroatoms. The lowest BCUT2D eigenvalue weighted by atomic mass is 10.2. The largest absolute Gasteiger partial charge is 0.496 e. The Morgan fingerprint density at radius 3 is 2.76 bits per heavy atom. The number of halogens is 2. The van der Waals surface area contributed by atoms with E-state index >= 15 is 0 Å². The second-order valence-electron chi connectivity index (χ2n) is 4.67. The summed E-state index contributed by atoms with van der Waals surface area (Å²) in [6.07, 6.45) is 0. The van der Waals surface area contributed by atoms with Crippen molar-refractivity contribution in [3.05, 3.63) is 59.7 Å². The molecule has 0 spiro atoms. The number of methoxy groups -OCH3 is 1. The number of para-hydroxylation sites is 2. The monoisotopic (exact) mass is 304 g/mol. The van der Waals surface area contributed by atoms with Crippen molar-refractivity contribution in [3.63, 3.8) is 0 Å². The molecular weight excluding hydrogens is 291 g/mol.